The van der Waals surface area contributed by atoms with E-state index in [-0.39, 0.29) is 17.5 Å². The molecule has 0 aliphatic heterocycles. The molecule has 7 heteroatoms. The van der Waals surface area contributed by atoms with Crippen molar-refractivity contribution >= 4 is 29.3 Å². The largest absolute Gasteiger partial charge is 0.384 e. The van der Waals surface area contributed by atoms with Gasteiger partial charge in [0.05, 0.1) is 11.4 Å². The number of aromatic nitrogens is 2. The average molecular weight is 363 g/mol. The van der Waals surface area contributed by atoms with Gasteiger partial charge < -0.3 is 16.8 Å². The van der Waals surface area contributed by atoms with E-state index >= 15 is 0 Å². The number of nitrogens with zero attached hydrogens (tertiary/aromatic N) is 2. The van der Waals surface area contributed by atoms with Crippen LogP contribution >= 0.6 is 0 Å². The minimum absolute atomic E-state index is 0.181. The number of halogens is 1. The number of nitrogens with one attached hydrogen (secondary N) is 1. The normalized spacial score (nSPS) is 10.9. The molecule has 0 saturated carbocycles. The lowest BCUT2D eigenvalue weighted by Gasteiger charge is -2.08. The van der Waals surface area contributed by atoms with E-state index in [1.54, 1.807) is 36.5 Å². The van der Waals surface area contributed by atoms with Gasteiger partial charge in [-0.05, 0) is 54.5 Å². The first-order valence-electron chi connectivity index (χ1n) is 8.15. The maximum atomic E-state index is 13.1. The fourth-order valence-corrected chi connectivity index (χ4v) is 2.52. The monoisotopic (exact) mass is 363 g/mol. The zero-order valence-corrected chi connectivity index (χ0v) is 14.6. The SMILES string of the molecule is Cc1cc(N)nc(C=CC(=O)Nc2cc(-c3ccc(F)cc3)cnc2N)c1. The second kappa shape index (κ2) is 7.65. The van der Waals surface area contributed by atoms with Gasteiger partial charge in [-0.2, -0.15) is 0 Å². The molecule has 3 aromatic rings. The van der Waals surface area contributed by atoms with Crippen LogP contribution in [0.3, 0.4) is 0 Å². The maximum Gasteiger partial charge on any atom is 0.248 e. The van der Waals surface area contributed by atoms with E-state index in [2.05, 4.69) is 15.3 Å². The number of anilines is 3. The molecule has 6 nitrogen and oxygen atoms in total. The Morgan fingerprint density at radius 2 is 1.85 bits per heavy atom. The van der Waals surface area contributed by atoms with Crippen LogP contribution in [-0.2, 0) is 4.79 Å². The quantitative estimate of drug-likeness (QED) is 0.616. The minimum atomic E-state index is -0.387. The standard InChI is InChI=1S/C20H18FN5O/c1-12-8-16(25-18(22)9-12)6-7-19(27)26-17-10-14(11-24-20(17)23)13-2-4-15(21)5-3-13/h2-11H,1H3,(H2,22,25)(H2,23,24)(H,26,27). The van der Waals surface area contributed by atoms with Gasteiger partial charge in [0.2, 0.25) is 5.91 Å². The first kappa shape index (κ1) is 18.1. The summed E-state index contributed by atoms with van der Waals surface area (Å²) >= 11 is 0. The molecule has 2 aromatic heterocycles. The first-order chi connectivity index (χ1) is 12.9. The Bertz CT molecular complexity index is 995. The lowest BCUT2D eigenvalue weighted by molar-refractivity contribution is -0.111. The fourth-order valence-electron chi connectivity index (χ4n) is 2.52. The van der Waals surface area contributed by atoms with Gasteiger partial charge in [0, 0.05) is 17.8 Å². The summed E-state index contributed by atoms with van der Waals surface area (Å²) in [5.41, 5.74) is 14.9. The summed E-state index contributed by atoms with van der Waals surface area (Å²) in [6, 6.07) is 11.2. The van der Waals surface area contributed by atoms with Crippen LogP contribution in [0.5, 0.6) is 0 Å². The molecule has 2 heterocycles. The van der Waals surface area contributed by atoms with E-state index < -0.39 is 0 Å². The Morgan fingerprint density at radius 1 is 1.11 bits per heavy atom. The summed E-state index contributed by atoms with van der Waals surface area (Å²) in [5, 5.41) is 2.68. The summed E-state index contributed by atoms with van der Waals surface area (Å²) in [7, 11) is 0. The minimum Gasteiger partial charge on any atom is -0.384 e. The molecule has 0 aliphatic carbocycles. The third kappa shape index (κ3) is 4.66. The van der Waals surface area contributed by atoms with Crippen molar-refractivity contribution in [1.82, 2.24) is 9.97 Å². The molecular weight excluding hydrogens is 345 g/mol. The number of aryl methyl sites for hydroxylation is 1. The third-order valence-electron chi connectivity index (χ3n) is 3.77. The molecule has 0 spiro atoms. The molecule has 0 unspecified atom stereocenters. The second-order valence-corrected chi connectivity index (χ2v) is 5.98. The van der Waals surface area contributed by atoms with Crippen LogP contribution in [0.1, 0.15) is 11.3 Å². The van der Waals surface area contributed by atoms with E-state index in [4.69, 9.17) is 11.5 Å². The predicted molar refractivity (Wildman–Crippen MR) is 105 cm³/mol. The molecule has 0 aliphatic rings. The molecule has 0 saturated heterocycles. The van der Waals surface area contributed by atoms with E-state index in [0.29, 0.717) is 22.8 Å². The number of nitrogen functional groups attached to an aromatic ring is 2. The Labute approximate surface area is 155 Å². The van der Waals surface area contributed by atoms with E-state index in [1.807, 2.05) is 13.0 Å². The van der Waals surface area contributed by atoms with Crippen molar-refractivity contribution in [2.75, 3.05) is 16.8 Å². The Morgan fingerprint density at radius 3 is 2.56 bits per heavy atom. The van der Waals surface area contributed by atoms with Gasteiger partial charge in [0.1, 0.15) is 17.5 Å². The Kier molecular flexibility index (Phi) is 5.12. The lowest BCUT2D eigenvalue weighted by Crippen LogP contribution is -2.10. The number of hydrogen-bond acceptors (Lipinski definition) is 5. The molecule has 1 amide bonds. The molecule has 0 fully saturated rings. The summed E-state index contributed by atoms with van der Waals surface area (Å²) in [5.74, 6) is -0.149. The van der Waals surface area contributed by atoms with Crippen molar-refractivity contribution in [1.29, 1.82) is 0 Å². The van der Waals surface area contributed by atoms with Crippen LogP contribution in [0.25, 0.3) is 17.2 Å². The van der Waals surface area contributed by atoms with Gasteiger partial charge in [-0.15, -0.1) is 0 Å². The van der Waals surface area contributed by atoms with E-state index in [9.17, 15) is 9.18 Å². The van der Waals surface area contributed by atoms with Crippen molar-refractivity contribution in [3.8, 4) is 11.1 Å². The average Bonchev–Trinajstić information content (AvgIpc) is 2.62. The number of amides is 1. The molecule has 5 N–H and O–H groups in total. The highest BCUT2D eigenvalue weighted by Crippen LogP contribution is 2.25. The number of pyridine rings is 2. The Hall–Kier alpha value is -3.74. The molecule has 0 radical (unpaired) electrons. The first-order valence-corrected chi connectivity index (χ1v) is 8.15. The summed E-state index contributed by atoms with van der Waals surface area (Å²) in [6.07, 6.45) is 4.46. The molecular formula is C20H18FN5O. The van der Waals surface area contributed by atoms with Crippen LogP contribution in [-0.4, -0.2) is 15.9 Å². The Balaban J connectivity index is 1.78. The van der Waals surface area contributed by atoms with Crippen molar-refractivity contribution in [3.05, 3.63) is 71.8 Å². The molecule has 0 bridgehead atoms. The van der Waals surface area contributed by atoms with E-state index in [1.165, 1.54) is 18.2 Å². The molecule has 3 rings (SSSR count). The topological polar surface area (TPSA) is 107 Å². The van der Waals surface area contributed by atoms with Gasteiger partial charge in [-0.3, -0.25) is 4.79 Å². The second-order valence-electron chi connectivity index (χ2n) is 5.98. The van der Waals surface area contributed by atoms with Crippen LogP contribution in [0.15, 0.2) is 54.7 Å². The highest BCUT2D eigenvalue weighted by molar-refractivity contribution is 6.03. The van der Waals surface area contributed by atoms with Gasteiger partial charge in [-0.25, -0.2) is 14.4 Å². The molecule has 1 aromatic carbocycles. The highest BCUT2D eigenvalue weighted by Gasteiger charge is 2.07. The van der Waals surface area contributed by atoms with Gasteiger partial charge in [-0.1, -0.05) is 12.1 Å². The zero-order valence-electron chi connectivity index (χ0n) is 14.6. The summed E-state index contributed by atoms with van der Waals surface area (Å²) < 4.78 is 13.1. The van der Waals surface area contributed by atoms with Crippen LogP contribution in [0.4, 0.5) is 21.7 Å². The predicted octanol–water partition coefficient (Wildman–Crippen LogP) is 3.41. The maximum absolute atomic E-state index is 13.1. The van der Waals surface area contributed by atoms with Crippen LogP contribution in [0, 0.1) is 12.7 Å². The van der Waals surface area contributed by atoms with Gasteiger partial charge >= 0.3 is 0 Å². The van der Waals surface area contributed by atoms with Crippen molar-refractivity contribution in [2.24, 2.45) is 0 Å². The van der Waals surface area contributed by atoms with Crippen molar-refractivity contribution < 1.29 is 9.18 Å². The number of carbonyl (C=O) groups excluding carboxylic acids is 1. The molecule has 27 heavy (non-hydrogen) atoms. The third-order valence-corrected chi connectivity index (χ3v) is 3.77. The van der Waals surface area contributed by atoms with Gasteiger partial charge in [0.15, 0.2) is 0 Å². The number of rotatable bonds is 4. The zero-order chi connectivity index (χ0) is 19.4. The van der Waals surface area contributed by atoms with E-state index in [0.717, 1.165) is 11.1 Å². The highest BCUT2D eigenvalue weighted by atomic mass is 19.1. The number of carbonyl (C=O) groups is 1. The van der Waals surface area contributed by atoms with Crippen LogP contribution in [0.2, 0.25) is 0 Å². The molecule has 136 valence electrons. The van der Waals surface area contributed by atoms with Crippen molar-refractivity contribution in [2.45, 2.75) is 6.92 Å². The smallest absolute Gasteiger partial charge is 0.248 e. The van der Waals surface area contributed by atoms with Gasteiger partial charge in [0.25, 0.3) is 0 Å². The number of nitrogens with two attached hydrogens (primary N) is 2. The lowest BCUT2D eigenvalue weighted by atomic mass is 10.1. The molecule has 0 atom stereocenters. The number of benzene rings is 1. The fraction of sp³-hybridized carbons (Fsp3) is 0.0500. The summed E-state index contributed by atoms with van der Waals surface area (Å²) in [4.78, 5) is 20.4. The van der Waals surface area contributed by atoms with Crippen LogP contribution < -0.4 is 16.8 Å². The number of hydrogen-bond donors (Lipinski definition) is 3. The summed E-state index contributed by atoms with van der Waals surface area (Å²) in [6.45, 7) is 1.89. The van der Waals surface area contributed by atoms with Crippen molar-refractivity contribution in [3.63, 3.8) is 0 Å².